The zero-order valence-electron chi connectivity index (χ0n) is 16.1. The fraction of sp³-hybridized carbons (Fsp3) is 0.304. The lowest BCUT2D eigenvalue weighted by Gasteiger charge is -2.28. The number of likely N-dealkylation sites (tertiary alicyclic amines) is 1. The third kappa shape index (κ3) is 3.12. The van der Waals surface area contributed by atoms with E-state index in [4.69, 9.17) is 11.6 Å². The fourth-order valence-electron chi connectivity index (χ4n) is 5.08. The molecule has 7 heteroatoms. The van der Waals surface area contributed by atoms with Gasteiger partial charge in [-0.2, -0.15) is 0 Å². The Morgan fingerprint density at radius 2 is 1.73 bits per heavy atom. The number of benzene rings is 1. The summed E-state index contributed by atoms with van der Waals surface area (Å²) in [5, 5.41) is 3.30. The van der Waals surface area contributed by atoms with Crippen molar-refractivity contribution >= 4 is 35.1 Å². The molecule has 2 heterocycles. The zero-order valence-corrected chi connectivity index (χ0v) is 16.8. The first-order valence-corrected chi connectivity index (χ1v) is 10.4. The van der Waals surface area contributed by atoms with Crippen molar-refractivity contribution in [2.45, 2.75) is 18.9 Å². The normalized spacial score (nSPS) is 27.4. The van der Waals surface area contributed by atoms with E-state index in [1.165, 1.54) is 4.90 Å². The number of nitrogens with one attached hydrogen (secondary N) is 1. The molecule has 5 rings (SSSR count). The number of nitrogens with zero attached hydrogens (tertiary/aromatic N) is 2. The van der Waals surface area contributed by atoms with Gasteiger partial charge < -0.3 is 5.32 Å². The molecule has 1 saturated carbocycles. The van der Waals surface area contributed by atoms with Crippen molar-refractivity contribution in [1.29, 1.82) is 0 Å². The number of hydrogen-bond donors (Lipinski definition) is 1. The number of allylic oxidation sites excluding steroid dienone is 2. The van der Waals surface area contributed by atoms with Gasteiger partial charge in [0.2, 0.25) is 17.7 Å². The van der Waals surface area contributed by atoms with Gasteiger partial charge in [-0.05, 0) is 48.1 Å². The first-order chi connectivity index (χ1) is 14.5. The van der Waals surface area contributed by atoms with Crippen LogP contribution in [0.1, 0.15) is 24.4 Å². The standard InChI is InChI=1S/C23H20ClN3O3/c24-16-8-6-13(7-9-16)17(12-19(28)26-18-3-1-2-10-25-18)27-22(29)20-14-4-5-15(11-14)21(20)23(27)30/h1-10,14-15,17,20-21H,11-12H2,(H,25,26,28). The number of amides is 3. The maximum atomic E-state index is 13.3. The first kappa shape index (κ1) is 19.0. The van der Waals surface area contributed by atoms with E-state index in [0.717, 1.165) is 6.42 Å². The smallest absolute Gasteiger partial charge is 0.234 e. The number of anilines is 1. The molecule has 3 amide bonds. The molecule has 3 aliphatic rings. The lowest BCUT2D eigenvalue weighted by Crippen LogP contribution is -2.38. The molecule has 2 bridgehead atoms. The number of fused-ring (bicyclic) bond motifs is 5. The molecule has 0 radical (unpaired) electrons. The molecular formula is C23H20ClN3O3. The van der Waals surface area contributed by atoms with E-state index in [1.807, 2.05) is 0 Å². The van der Waals surface area contributed by atoms with Crippen molar-refractivity contribution in [1.82, 2.24) is 9.88 Å². The molecule has 5 unspecified atom stereocenters. The Hall–Kier alpha value is -2.99. The predicted molar refractivity (Wildman–Crippen MR) is 111 cm³/mol. The van der Waals surface area contributed by atoms with Crippen LogP contribution in [0.2, 0.25) is 5.02 Å². The molecule has 1 aromatic carbocycles. The summed E-state index contributed by atoms with van der Waals surface area (Å²) in [5.41, 5.74) is 0.706. The molecule has 152 valence electrons. The molecular weight excluding hydrogens is 402 g/mol. The van der Waals surface area contributed by atoms with Crippen molar-refractivity contribution in [2.24, 2.45) is 23.7 Å². The van der Waals surface area contributed by atoms with Crippen LogP contribution in [0.4, 0.5) is 5.82 Å². The first-order valence-electron chi connectivity index (χ1n) is 10.0. The summed E-state index contributed by atoms with van der Waals surface area (Å²) in [5.74, 6) is -0.602. The lowest BCUT2D eigenvalue weighted by atomic mass is 9.85. The molecule has 2 fully saturated rings. The van der Waals surface area contributed by atoms with E-state index in [-0.39, 0.29) is 47.8 Å². The highest BCUT2D eigenvalue weighted by atomic mass is 35.5. The number of rotatable bonds is 5. The summed E-state index contributed by atoms with van der Waals surface area (Å²) in [6.07, 6.45) is 6.53. The van der Waals surface area contributed by atoms with Crippen molar-refractivity contribution < 1.29 is 14.4 Å². The van der Waals surface area contributed by atoms with Gasteiger partial charge in [-0.15, -0.1) is 0 Å². The number of imide groups is 1. The number of carbonyl (C=O) groups excluding carboxylic acids is 3. The summed E-state index contributed by atoms with van der Waals surface area (Å²) in [6.45, 7) is 0. The Morgan fingerprint density at radius 1 is 1.07 bits per heavy atom. The topological polar surface area (TPSA) is 79.4 Å². The minimum Gasteiger partial charge on any atom is -0.311 e. The molecule has 30 heavy (non-hydrogen) atoms. The third-order valence-electron chi connectivity index (χ3n) is 6.38. The number of carbonyl (C=O) groups is 3. The van der Waals surface area contributed by atoms with Gasteiger partial charge in [0.15, 0.2) is 0 Å². The number of halogens is 1. The molecule has 2 aliphatic carbocycles. The van der Waals surface area contributed by atoms with Crippen LogP contribution in [-0.2, 0) is 14.4 Å². The van der Waals surface area contributed by atoms with Crippen LogP contribution in [-0.4, -0.2) is 27.6 Å². The van der Waals surface area contributed by atoms with E-state index < -0.39 is 6.04 Å². The summed E-state index contributed by atoms with van der Waals surface area (Å²) in [7, 11) is 0. The number of pyridine rings is 1. The second-order valence-electron chi connectivity index (χ2n) is 8.08. The predicted octanol–water partition coefficient (Wildman–Crippen LogP) is 3.61. The van der Waals surface area contributed by atoms with Gasteiger partial charge in [-0.1, -0.05) is 42.0 Å². The van der Waals surface area contributed by atoms with Gasteiger partial charge >= 0.3 is 0 Å². The van der Waals surface area contributed by atoms with E-state index in [9.17, 15) is 14.4 Å². The number of aromatic nitrogens is 1. The van der Waals surface area contributed by atoms with E-state index in [1.54, 1.807) is 48.7 Å². The van der Waals surface area contributed by atoms with Crippen LogP contribution in [0.15, 0.2) is 60.8 Å². The Kier molecular flexibility index (Phi) is 4.66. The highest BCUT2D eigenvalue weighted by Crippen LogP contribution is 2.54. The minimum absolute atomic E-state index is 0.0438. The molecule has 6 nitrogen and oxygen atoms in total. The zero-order chi connectivity index (χ0) is 20.8. The Morgan fingerprint density at radius 3 is 2.33 bits per heavy atom. The van der Waals surface area contributed by atoms with E-state index in [2.05, 4.69) is 22.5 Å². The van der Waals surface area contributed by atoms with Crippen LogP contribution >= 0.6 is 11.6 Å². The van der Waals surface area contributed by atoms with Gasteiger partial charge in [0.05, 0.1) is 24.3 Å². The summed E-state index contributed by atoms with van der Waals surface area (Å²) in [6, 6.07) is 11.5. The SMILES string of the molecule is O=C(CC(c1ccc(Cl)cc1)N1C(=O)C2C3C=CC(C3)C2C1=O)Nc1ccccn1. The highest BCUT2D eigenvalue weighted by molar-refractivity contribution is 6.30. The summed E-state index contributed by atoms with van der Waals surface area (Å²) >= 11 is 6.03. The monoisotopic (exact) mass is 421 g/mol. The van der Waals surface area contributed by atoms with E-state index >= 15 is 0 Å². The van der Waals surface area contributed by atoms with Crippen LogP contribution in [0, 0.1) is 23.7 Å². The average molecular weight is 422 g/mol. The second kappa shape index (κ2) is 7.36. The Bertz CT molecular complexity index is 1010. The van der Waals surface area contributed by atoms with Crippen molar-refractivity contribution in [2.75, 3.05) is 5.32 Å². The largest absolute Gasteiger partial charge is 0.311 e. The molecule has 1 aromatic heterocycles. The molecule has 1 aliphatic heterocycles. The quantitative estimate of drug-likeness (QED) is 0.590. The molecule has 1 saturated heterocycles. The average Bonchev–Trinajstić information content (AvgIpc) is 3.42. The molecule has 5 atom stereocenters. The van der Waals surface area contributed by atoms with Crippen LogP contribution in [0.25, 0.3) is 0 Å². The Labute approximate surface area is 178 Å². The van der Waals surface area contributed by atoms with Crippen LogP contribution in [0.3, 0.4) is 0 Å². The molecule has 0 spiro atoms. The Balaban J connectivity index is 1.44. The second-order valence-corrected chi connectivity index (χ2v) is 8.52. The molecule has 2 aromatic rings. The minimum atomic E-state index is -0.684. The summed E-state index contributed by atoms with van der Waals surface area (Å²) < 4.78 is 0. The van der Waals surface area contributed by atoms with E-state index in [0.29, 0.717) is 16.4 Å². The van der Waals surface area contributed by atoms with Gasteiger partial charge in [0.1, 0.15) is 5.82 Å². The van der Waals surface area contributed by atoms with Crippen LogP contribution < -0.4 is 5.32 Å². The van der Waals surface area contributed by atoms with Gasteiger partial charge in [-0.3, -0.25) is 19.3 Å². The molecule has 1 N–H and O–H groups in total. The maximum absolute atomic E-state index is 13.3. The lowest BCUT2D eigenvalue weighted by molar-refractivity contribution is -0.144. The number of hydrogen-bond acceptors (Lipinski definition) is 4. The summed E-state index contributed by atoms with van der Waals surface area (Å²) in [4.78, 5) is 44.8. The van der Waals surface area contributed by atoms with Gasteiger partial charge in [-0.25, -0.2) is 4.98 Å². The maximum Gasteiger partial charge on any atom is 0.234 e. The van der Waals surface area contributed by atoms with Crippen molar-refractivity contribution in [3.63, 3.8) is 0 Å². The van der Waals surface area contributed by atoms with Crippen molar-refractivity contribution in [3.8, 4) is 0 Å². The van der Waals surface area contributed by atoms with Gasteiger partial charge in [0, 0.05) is 11.2 Å². The van der Waals surface area contributed by atoms with Gasteiger partial charge in [0.25, 0.3) is 0 Å². The third-order valence-corrected chi connectivity index (χ3v) is 6.63. The van der Waals surface area contributed by atoms with Crippen LogP contribution in [0.5, 0.6) is 0 Å². The van der Waals surface area contributed by atoms with Crippen molar-refractivity contribution in [3.05, 3.63) is 71.4 Å². The highest BCUT2D eigenvalue weighted by Gasteiger charge is 2.60. The fourth-order valence-corrected chi connectivity index (χ4v) is 5.21.